The zero-order valence-electron chi connectivity index (χ0n) is 19.7. The Morgan fingerprint density at radius 2 is 1.80 bits per heavy atom. The molecule has 7 nitrogen and oxygen atoms in total. The average molecular weight is 488 g/mol. The van der Waals surface area contributed by atoms with E-state index in [9.17, 15) is 9.59 Å². The first-order valence-corrected chi connectivity index (χ1v) is 12.3. The number of nitrogens with zero attached hydrogens (tertiary/aromatic N) is 2. The van der Waals surface area contributed by atoms with Gasteiger partial charge in [0.05, 0.1) is 29.5 Å². The molecule has 0 radical (unpaired) electrons. The molecule has 0 saturated carbocycles. The van der Waals surface area contributed by atoms with Crippen molar-refractivity contribution in [1.82, 2.24) is 9.55 Å². The highest BCUT2D eigenvalue weighted by Crippen LogP contribution is 2.36. The second kappa shape index (κ2) is 9.46. The number of furan rings is 1. The van der Waals surface area contributed by atoms with Crippen LogP contribution in [0.5, 0.6) is 5.75 Å². The molecule has 178 valence electrons. The van der Waals surface area contributed by atoms with Crippen LogP contribution in [-0.4, -0.2) is 28.3 Å². The number of amides is 1. The van der Waals surface area contributed by atoms with Crippen LogP contribution in [0.4, 0.5) is 5.69 Å². The van der Waals surface area contributed by atoms with Crippen molar-refractivity contribution < 1.29 is 13.9 Å². The number of rotatable bonds is 7. The van der Waals surface area contributed by atoms with Crippen molar-refractivity contribution in [3.05, 3.63) is 71.0 Å². The molecule has 5 aromatic rings. The van der Waals surface area contributed by atoms with Gasteiger partial charge in [0.2, 0.25) is 5.91 Å². The van der Waals surface area contributed by atoms with Crippen LogP contribution < -0.4 is 15.6 Å². The third-order valence-electron chi connectivity index (χ3n) is 5.68. The number of nitrogens with one attached hydrogen (secondary N) is 1. The topological polar surface area (TPSA) is 86.4 Å². The standard InChI is InChI=1S/C27H25N3O4S/c1-16(2)14-30-26(32)18-9-4-6-10-20(18)29-27(30)35-15-25(31)28-21-13-23-19(12-24(21)33-3)17-8-5-7-11-22(17)34-23/h4-13,16H,14-15H2,1-3H3,(H,28,31). The number of benzene rings is 3. The van der Waals surface area contributed by atoms with Crippen LogP contribution in [0.15, 0.2) is 75.0 Å². The van der Waals surface area contributed by atoms with E-state index >= 15 is 0 Å². The molecule has 0 aliphatic rings. The first-order valence-electron chi connectivity index (χ1n) is 11.4. The third-order valence-corrected chi connectivity index (χ3v) is 6.66. The quantitative estimate of drug-likeness (QED) is 0.234. The number of anilines is 1. The second-order valence-corrected chi connectivity index (χ2v) is 9.65. The molecular formula is C27H25N3O4S. The lowest BCUT2D eigenvalue weighted by atomic mass is 10.1. The minimum absolute atomic E-state index is 0.0875. The van der Waals surface area contributed by atoms with E-state index in [0.29, 0.717) is 39.6 Å². The van der Waals surface area contributed by atoms with Gasteiger partial charge in [-0.2, -0.15) is 0 Å². The number of fused-ring (bicyclic) bond motifs is 4. The molecule has 3 aromatic carbocycles. The van der Waals surface area contributed by atoms with Gasteiger partial charge in [0.1, 0.15) is 16.9 Å². The Morgan fingerprint density at radius 3 is 2.57 bits per heavy atom. The molecule has 0 unspecified atom stereocenters. The van der Waals surface area contributed by atoms with Crippen molar-refractivity contribution in [2.45, 2.75) is 25.5 Å². The van der Waals surface area contributed by atoms with Crippen LogP contribution in [0.1, 0.15) is 13.8 Å². The molecule has 1 amide bonds. The van der Waals surface area contributed by atoms with Gasteiger partial charge in [-0.1, -0.05) is 55.9 Å². The molecule has 0 atom stereocenters. The molecule has 0 fully saturated rings. The van der Waals surface area contributed by atoms with Crippen LogP contribution in [0.25, 0.3) is 32.8 Å². The summed E-state index contributed by atoms with van der Waals surface area (Å²) in [6.45, 7) is 4.61. The number of carbonyl (C=O) groups excluding carboxylic acids is 1. The SMILES string of the molecule is COc1cc2c(cc1NC(=O)CSc1nc3ccccc3c(=O)n1CC(C)C)oc1ccccc12. The predicted octanol–water partition coefficient (Wildman–Crippen LogP) is 5.69. The first-order chi connectivity index (χ1) is 16.9. The summed E-state index contributed by atoms with van der Waals surface area (Å²) < 4.78 is 13.1. The molecule has 2 heterocycles. The normalized spacial score (nSPS) is 11.5. The molecule has 0 aliphatic heterocycles. The molecule has 2 aromatic heterocycles. The Balaban J connectivity index is 1.41. The maximum atomic E-state index is 13.1. The Hall–Kier alpha value is -3.78. The van der Waals surface area contributed by atoms with Crippen LogP contribution >= 0.6 is 11.8 Å². The van der Waals surface area contributed by atoms with Crippen molar-refractivity contribution in [2.24, 2.45) is 5.92 Å². The minimum Gasteiger partial charge on any atom is -0.495 e. The van der Waals surface area contributed by atoms with Crippen molar-refractivity contribution in [2.75, 3.05) is 18.2 Å². The van der Waals surface area contributed by atoms with Gasteiger partial charge in [0.15, 0.2) is 5.16 Å². The Labute approximate surface area is 206 Å². The van der Waals surface area contributed by atoms with E-state index in [0.717, 1.165) is 16.4 Å². The predicted molar refractivity (Wildman–Crippen MR) is 140 cm³/mol. The van der Waals surface area contributed by atoms with Crippen molar-refractivity contribution >= 4 is 56.2 Å². The molecule has 0 spiro atoms. The van der Waals surface area contributed by atoms with E-state index in [1.165, 1.54) is 11.8 Å². The van der Waals surface area contributed by atoms with Gasteiger partial charge in [-0.25, -0.2) is 4.98 Å². The highest BCUT2D eigenvalue weighted by Gasteiger charge is 2.17. The van der Waals surface area contributed by atoms with Crippen molar-refractivity contribution in [3.63, 3.8) is 0 Å². The third kappa shape index (κ3) is 4.49. The average Bonchev–Trinajstić information content (AvgIpc) is 3.21. The summed E-state index contributed by atoms with van der Waals surface area (Å²) in [7, 11) is 1.57. The lowest BCUT2D eigenvalue weighted by molar-refractivity contribution is -0.113. The Morgan fingerprint density at radius 1 is 1.06 bits per heavy atom. The summed E-state index contributed by atoms with van der Waals surface area (Å²) in [4.78, 5) is 30.7. The number of methoxy groups -OCH3 is 1. The number of hydrogen-bond acceptors (Lipinski definition) is 6. The molecule has 0 saturated heterocycles. The number of ether oxygens (including phenoxy) is 1. The van der Waals surface area contributed by atoms with E-state index in [1.807, 2.05) is 62.4 Å². The zero-order valence-corrected chi connectivity index (χ0v) is 20.5. The molecular weight excluding hydrogens is 462 g/mol. The van der Waals surface area contributed by atoms with Gasteiger partial charge in [-0.05, 0) is 30.2 Å². The first kappa shape index (κ1) is 23.0. The molecule has 35 heavy (non-hydrogen) atoms. The minimum atomic E-state index is -0.234. The largest absolute Gasteiger partial charge is 0.495 e. The summed E-state index contributed by atoms with van der Waals surface area (Å²) >= 11 is 1.24. The number of para-hydroxylation sites is 2. The molecule has 0 bridgehead atoms. The maximum absolute atomic E-state index is 13.1. The van der Waals surface area contributed by atoms with Gasteiger partial charge >= 0.3 is 0 Å². The van der Waals surface area contributed by atoms with Gasteiger partial charge in [0.25, 0.3) is 5.56 Å². The van der Waals surface area contributed by atoms with Gasteiger partial charge < -0.3 is 14.5 Å². The molecule has 8 heteroatoms. The van der Waals surface area contributed by atoms with E-state index < -0.39 is 0 Å². The van der Waals surface area contributed by atoms with E-state index in [2.05, 4.69) is 10.3 Å². The van der Waals surface area contributed by atoms with Crippen molar-refractivity contribution in [1.29, 1.82) is 0 Å². The van der Waals surface area contributed by atoms with Crippen molar-refractivity contribution in [3.8, 4) is 5.75 Å². The van der Waals surface area contributed by atoms with Crippen LogP contribution in [0.3, 0.4) is 0 Å². The lowest BCUT2D eigenvalue weighted by Gasteiger charge is -2.15. The van der Waals surface area contributed by atoms with Gasteiger partial charge in [0, 0.05) is 23.4 Å². The Kier molecular flexibility index (Phi) is 6.21. The van der Waals surface area contributed by atoms with Crippen LogP contribution in [0, 0.1) is 5.92 Å². The molecule has 1 N–H and O–H groups in total. The Bertz CT molecular complexity index is 1620. The molecule has 5 rings (SSSR count). The second-order valence-electron chi connectivity index (χ2n) is 8.70. The highest BCUT2D eigenvalue weighted by molar-refractivity contribution is 7.99. The number of thioether (sulfide) groups is 1. The zero-order chi connectivity index (χ0) is 24.5. The summed E-state index contributed by atoms with van der Waals surface area (Å²) in [6.07, 6.45) is 0. The number of hydrogen-bond donors (Lipinski definition) is 1. The fourth-order valence-electron chi connectivity index (χ4n) is 4.12. The maximum Gasteiger partial charge on any atom is 0.262 e. The number of aromatic nitrogens is 2. The monoisotopic (exact) mass is 487 g/mol. The summed E-state index contributed by atoms with van der Waals surface area (Å²) in [6, 6.07) is 18.7. The summed E-state index contributed by atoms with van der Waals surface area (Å²) in [5.74, 6) is 0.651. The summed E-state index contributed by atoms with van der Waals surface area (Å²) in [5, 5.41) is 5.93. The van der Waals surface area contributed by atoms with E-state index in [1.54, 1.807) is 23.8 Å². The number of carbonyl (C=O) groups is 1. The lowest BCUT2D eigenvalue weighted by Crippen LogP contribution is -2.26. The van der Waals surface area contributed by atoms with Gasteiger partial charge in [-0.15, -0.1) is 0 Å². The van der Waals surface area contributed by atoms with E-state index in [4.69, 9.17) is 9.15 Å². The van der Waals surface area contributed by atoms with E-state index in [-0.39, 0.29) is 23.1 Å². The summed E-state index contributed by atoms with van der Waals surface area (Å²) in [5.41, 5.74) is 2.49. The highest BCUT2D eigenvalue weighted by atomic mass is 32.2. The smallest absolute Gasteiger partial charge is 0.262 e. The fraction of sp³-hybridized carbons (Fsp3) is 0.222. The van der Waals surface area contributed by atoms with Gasteiger partial charge in [-0.3, -0.25) is 14.2 Å². The fourth-order valence-corrected chi connectivity index (χ4v) is 4.93. The van der Waals surface area contributed by atoms with Crippen LogP contribution in [-0.2, 0) is 11.3 Å². The van der Waals surface area contributed by atoms with Crippen LogP contribution in [0.2, 0.25) is 0 Å². The molecule has 0 aliphatic carbocycles.